The highest BCUT2D eigenvalue weighted by Gasteiger charge is 2.15. The number of benzene rings is 2. The Bertz CT molecular complexity index is 649. The molecule has 3 rings (SSSR count). The Morgan fingerprint density at radius 2 is 1.85 bits per heavy atom. The van der Waals surface area contributed by atoms with Crippen molar-refractivity contribution in [1.29, 1.82) is 0 Å². The zero-order chi connectivity index (χ0) is 13.9. The third-order valence-electron chi connectivity index (χ3n) is 3.75. The number of anilines is 1. The summed E-state index contributed by atoms with van der Waals surface area (Å²) < 4.78 is 0. The molecule has 0 aliphatic heterocycles. The van der Waals surface area contributed by atoms with Crippen LogP contribution in [-0.2, 0) is 12.8 Å². The van der Waals surface area contributed by atoms with Crippen molar-refractivity contribution in [3.63, 3.8) is 0 Å². The first-order valence-electron chi connectivity index (χ1n) is 6.95. The molecule has 20 heavy (non-hydrogen) atoms. The Hall–Kier alpha value is -2.29. The van der Waals surface area contributed by atoms with E-state index in [9.17, 15) is 9.90 Å². The number of phenolic OH excluding ortho intramolecular Hbond substituents is 1. The molecule has 3 heteroatoms. The summed E-state index contributed by atoms with van der Waals surface area (Å²) in [5.74, 6) is -0.0763. The second kappa shape index (κ2) is 5.37. The van der Waals surface area contributed by atoms with E-state index >= 15 is 0 Å². The summed E-state index contributed by atoms with van der Waals surface area (Å²) in [5, 5.41) is 12.4. The summed E-state index contributed by atoms with van der Waals surface area (Å²) >= 11 is 0. The van der Waals surface area contributed by atoms with E-state index in [1.54, 1.807) is 18.2 Å². The maximum atomic E-state index is 12.2. The van der Waals surface area contributed by atoms with Crippen molar-refractivity contribution in [2.75, 3.05) is 5.32 Å². The quantitative estimate of drug-likeness (QED) is 0.874. The third-order valence-corrected chi connectivity index (χ3v) is 3.75. The number of hydrogen-bond acceptors (Lipinski definition) is 2. The molecule has 2 N–H and O–H groups in total. The number of aromatic hydroxyl groups is 1. The zero-order valence-electron chi connectivity index (χ0n) is 11.2. The predicted molar refractivity (Wildman–Crippen MR) is 79.1 cm³/mol. The van der Waals surface area contributed by atoms with E-state index in [0.29, 0.717) is 5.56 Å². The largest absolute Gasteiger partial charge is 0.508 e. The SMILES string of the molecule is O=C(Nc1cccc2c1CCCC2)c1cccc(O)c1. The van der Waals surface area contributed by atoms with Crippen molar-refractivity contribution in [2.24, 2.45) is 0 Å². The van der Waals surface area contributed by atoms with Crippen molar-refractivity contribution in [3.05, 3.63) is 59.2 Å². The van der Waals surface area contributed by atoms with Gasteiger partial charge in [0.25, 0.3) is 5.91 Å². The van der Waals surface area contributed by atoms with Crippen LogP contribution in [0.15, 0.2) is 42.5 Å². The van der Waals surface area contributed by atoms with E-state index in [1.165, 1.54) is 30.0 Å². The lowest BCUT2D eigenvalue weighted by atomic mass is 9.90. The van der Waals surface area contributed by atoms with Crippen LogP contribution in [0.5, 0.6) is 5.75 Å². The molecule has 0 aromatic heterocycles. The molecule has 0 radical (unpaired) electrons. The summed E-state index contributed by atoms with van der Waals surface area (Å²) in [4.78, 5) is 12.2. The number of nitrogens with one attached hydrogen (secondary N) is 1. The van der Waals surface area contributed by atoms with Crippen molar-refractivity contribution in [1.82, 2.24) is 0 Å². The maximum Gasteiger partial charge on any atom is 0.255 e. The van der Waals surface area contributed by atoms with Crippen LogP contribution >= 0.6 is 0 Å². The number of aryl methyl sites for hydroxylation is 1. The van der Waals surface area contributed by atoms with Crippen molar-refractivity contribution >= 4 is 11.6 Å². The van der Waals surface area contributed by atoms with Crippen LogP contribution in [-0.4, -0.2) is 11.0 Å². The zero-order valence-corrected chi connectivity index (χ0v) is 11.2. The molecule has 102 valence electrons. The highest BCUT2D eigenvalue weighted by atomic mass is 16.3. The van der Waals surface area contributed by atoms with E-state index in [2.05, 4.69) is 11.4 Å². The van der Waals surface area contributed by atoms with Crippen LogP contribution in [0.1, 0.15) is 34.3 Å². The summed E-state index contributed by atoms with van der Waals surface area (Å²) in [6, 6.07) is 12.5. The lowest BCUT2D eigenvalue weighted by molar-refractivity contribution is 0.102. The molecule has 3 nitrogen and oxygen atoms in total. The fourth-order valence-electron chi connectivity index (χ4n) is 2.74. The molecule has 0 bridgehead atoms. The average Bonchev–Trinajstić information content (AvgIpc) is 2.47. The number of fused-ring (bicyclic) bond motifs is 1. The number of rotatable bonds is 2. The highest BCUT2D eigenvalue weighted by Crippen LogP contribution is 2.28. The minimum atomic E-state index is -0.181. The molecular weight excluding hydrogens is 250 g/mol. The molecular formula is C17H17NO2. The average molecular weight is 267 g/mol. The molecule has 0 heterocycles. The number of carbonyl (C=O) groups is 1. The van der Waals surface area contributed by atoms with Gasteiger partial charge in [0.1, 0.15) is 5.75 Å². The summed E-state index contributed by atoms with van der Waals surface area (Å²) in [6.07, 6.45) is 4.50. The fourth-order valence-corrected chi connectivity index (χ4v) is 2.74. The van der Waals surface area contributed by atoms with Gasteiger partial charge in [0, 0.05) is 11.3 Å². The minimum absolute atomic E-state index is 0.104. The maximum absolute atomic E-state index is 12.2. The van der Waals surface area contributed by atoms with Gasteiger partial charge in [0.15, 0.2) is 0 Å². The molecule has 1 aliphatic rings. The third kappa shape index (κ3) is 2.52. The summed E-state index contributed by atoms with van der Waals surface area (Å²) in [5.41, 5.74) is 3.96. The van der Waals surface area contributed by atoms with Gasteiger partial charge in [-0.2, -0.15) is 0 Å². The van der Waals surface area contributed by atoms with Crippen molar-refractivity contribution in [3.8, 4) is 5.75 Å². The van der Waals surface area contributed by atoms with Crippen LogP contribution in [0.4, 0.5) is 5.69 Å². The Kier molecular flexibility index (Phi) is 3.42. The van der Waals surface area contributed by atoms with Crippen LogP contribution in [0.3, 0.4) is 0 Å². The lowest BCUT2D eigenvalue weighted by Crippen LogP contribution is -2.15. The molecule has 0 fully saturated rings. The normalized spacial score (nSPS) is 13.6. The van der Waals surface area contributed by atoms with Gasteiger partial charge in [-0.15, -0.1) is 0 Å². The van der Waals surface area contributed by atoms with Crippen LogP contribution < -0.4 is 5.32 Å². The Labute approximate surface area is 118 Å². The van der Waals surface area contributed by atoms with E-state index in [4.69, 9.17) is 0 Å². The molecule has 0 atom stereocenters. The van der Waals surface area contributed by atoms with Gasteiger partial charge < -0.3 is 10.4 Å². The standard InChI is InChI=1S/C17H17NO2/c19-14-8-3-7-13(11-14)17(20)18-16-10-4-6-12-5-1-2-9-15(12)16/h3-4,6-8,10-11,19H,1-2,5,9H2,(H,18,20). The molecule has 0 saturated heterocycles. The van der Waals surface area contributed by atoms with Crippen LogP contribution in [0.25, 0.3) is 0 Å². The molecule has 2 aromatic rings. The van der Waals surface area contributed by atoms with Crippen molar-refractivity contribution in [2.45, 2.75) is 25.7 Å². The molecule has 1 amide bonds. The topological polar surface area (TPSA) is 49.3 Å². The monoisotopic (exact) mass is 267 g/mol. The van der Waals surface area contributed by atoms with Crippen LogP contribution in [0, 0.1) is 0 Å². The van der Waals surface area contributed by atoms with Gasteiger partial charge in [-0.25, -0.2) is 0 Å². The number of hydrogen-bond donors (Lipinski definition) is 2. The smallest absolute Gasteiger partial charge is 0.255 e. The molecule has 1 aliphatic carbocycles. The summed E-state index contributed by atoms with van der Waals surface area (Å²) in [6.45, 7) is 0. The van der Waals surface area contributed by atoms with Gasteiger partial charge >= 0.3 is 0 Å². The first-order chi connectivity index (χ1) is 9.74. The second-order valence-corrected chi connectivity index (χ2v) is 5.15. The Balaban J connectivity index is 1.86. The van der Waals surface area contributed by atoms with Crippen molar-refractivity contribution < 1.29 is 9.90 Å². The Morgan fingerprint density at radius 3 is 2.70 bits per heavy atom. The molecule has 2 aromatic carbocycles. The summed E-state index contributed by atoms with van der Waals surface area (Å²) in [7, 11) is 0. The van der Waals surface area contributed by atoms with Gasteiger partial charge in [0.05, 0.1) is 0 Å². The highest BCUT2D eigenvalue weighted by molar-refractivity contribution is 6.05. The number of phenols is 1. The molecule has 0 spiro atoms. The first kappa shape index (κ1) is 12.7. The predicted octanol–water partition coefficient (Wildman–Crippen LogP) is 3.52. The van der Waals surface area contributed by atoms with E-state index in [0.717, 1.165) is 18.5 Å². The Morgan fingerprint density at radius 1 is 1.05 bits per heavy atom. The fraction of sp³-hybridized carbons (Fsp3) is 0.235. The van der Waals surface area contributed by atoms with E-state index < -0.39 is 0 Å². The molecule has 0 unspecified atom stereocenters. The van der Waals surface area contributed by atoms with E-state index in [-0.39, 0.29) is 11.7 Å². The number of amides is 1. The van der Waals surface area contributed by atoms with Gasteiger partial charge in [-0.3, -0.25) is 4.79 Å². The first-order valence-corrected chi connectivity index (χ1v) is 6.95. The van der Waals surface area contributed by atoms with Gasteiger partial charge in [-0.1, -0.05) is 18.2 Å². The van der Waals surface area contributed by atoms with Crippen LogP contribution in [0.2, 0.25) is 0 Å². The van der Waals surface area contributed by atoms with Gasteiger partial charge in [0.2, 0.25) is 0 Å². The minimum Gasteiger partial charge on any atom is -0.508 e. The second-order valence-electron chi connectivity index (χ2n) is 5.15. The van der Waals surface area contributed by atoms with E-state index in [1.807, 2.05) is 12.1 Å². The number of carbonyl (C=O) groups excluding carboxylic acids is 1. The molecule has 0 saturated carbocycles. The lowest BCUT2D eigenvalue weighted by Gasteiger charge is -2.19. The van der Waals surface area contributed by atoms with Gasteiger partial charge in [-0.05, 0) is 61.1 Å².